The SMILES string of the molecule is CCCCCCCCCC(=O)N[C@@H](CNC(=O)Nc1ccccc1)C(=O)N[CH]CC(C)C. The Morgan fingerprint density at radius 1 is 0.938 bits per heavy atom. The summed E-state index contributed by atoms with van der Waals surface area (Å²) in [7, 11) is 0. The van der Waals surface area contributed by atoms with Crippen molar-refractivity contribution in [1.29, 1.82) is 0 Å². The fraction of sp³-hybridized carbons (Fsp3) is 0.600. The van der Waals surface area contributed by atoms with Crippen LogP contribution in [0.4, 0.5) is 10.5 Å². The Balaban J connectivity index is 2.47. The number of carbonyl (C=O) groups is 3. The highest BCUT2D eigenvalue weighted by molar-refractivity contribution is 5.91. The highest BCUT2D eigenvalue weighted by Crippen LogP contribution is 2.08. The van der Waals surface area contributed by atoms with Gasteiger partial charge in [-0.25, -0.2) is 4.79 Å². The van der Waals surface area contributed by atoms with Gasteiger partial charge in [0, 0.05) is 25.2 Å². The lowest BCUT2D eigenvalue weighted by atomic mass is 10.1. The number of anilines is 1. The minimum atomic E-state index is -0.836. The zero-order valence-corrected chi connectivity index (χ0v) is 19.9. The van der Waals surface area contributed by atoms with Crippen LogP contribution < -0.4 is 21.3 Å². The van der Waals surface area contributed by atoms with Gasteiger partial charge in [-0.2, -0.15) is 0 Å². The molecular weight excluding hydrogens is 404 g/mol. The second-order valence-electron chi connectivity index (χ2n) is 8.53. The van der Waals surface area contributed by atoms with E-state index in [0.29, 0.717) is 18.0 Å². The summed E-state index contributed by atoms with van der Waals surface area (Å²) >= 11 is 0. The quantitative estimate of drug-likeness (QED) is 0.276. The smallest absolute Gasteiger partial charge is 0.319 e. The van der Waals surface area contributed by atoms with E-state index >= 15 is 0 Å². The lowest BCUT2D eigenvalue weighted by Gasteiger charge is -2.19. The maximum atomic E-state index is 12.6. The molecule has 7 nitrogen and oxygen atoms in total. The molecule has 0 saturated carbocycles. The van der Waals surface area contributed by atoms with Crippen molar-refractivity contribution >= 4 is 23.5 Å². The number of carbonyl (C=O) groups excluding carboxylic acids is 3. The van der Waals surface area contributed by atoms with Crippen molar-refractivity contribution in [3.8, 4) is 0 Å². The molecule has 0 aliphatic carbocycles. The molecule has 1 aromatic carbocycles. The van der Waals surface area contributed by atoms with Crippen molar-refractivity contribution < 1.29 is 14.4 Å². The minimum Gasteiger partial charge on any atom is -0.349 e. The van der Waals surface area contributed by atoms with Gasteiger partial charge >= 0.3 is 6.03 Å². The first-order valence-corrected chi connectivity index (χ1v) is 11.9. The Hall–Kier alpha value is -2.57. The molecule has 0 heterocycles. The van der Waals surface area contributed by atoms with Gasteiger partial charge in [0.2, 0.25) is 11.8 Å². The molecule has 0 unspecified atom stereocenters. The second kappa shape index (κ2) is 17.0. The normalized spacial score (nSPS) is 11.6. The highest BCUT2D eigenvalue weighted by atomic mass is 16.2. The predicted molar refractivity (Wildman–Crippen MR) is 130 cm³/mol. The van der Waals surface area contributed by atoms with Crippen LogP contribution in [0, 0.1) is 12.5 Å². The lowest BCUT2D eigenvalue weighted by molar-refractivity contribution is -0.128. The van der Waals surface area contributed by atoms with Crippen LogP contribution in [0.5, 0.6) is 0 Å². The molecule has 4 amide bonds. The molecule has 0 aliphatic rings. The summed E-state index contributed by atoms with van der Waals surface area (Å²) in [5, 5.41) is 10.9. The molecule has 1 radical (unpaired) electrons. The van der Waals surface area contributed by atoms with E-state index in [1.165, 1.54) is 25.7 Å². The zero-order valence-electron chi connectivity index (χ0n) is 19.9. The summed E-state index contributed by atoms with van der Waals surface area (Å²) in [6, 6.07) is 7.78. The Morgan fingerprint density at radius 2 is 1.59 bits per heavy atom. The van der Waals surface area contributed by atoms with Crippen molar-refractivity contribution in [3.05, 3.63) is 36.9 Å². The number of urea groups is 1. The van der Waals surface area contributed by atoms with Crippen molar-refractivity contribution in [2.45, 2.75) is 84.6 Å². The molecule has 1 aromatic rings. The van der Waals surface area contributed by atoms with Crippen molar-refractivity contribution in [1.82, 2.24) is 16.0 Å². The number of amides is 4. The van der Waals surface area contributed by atoms with Crippen LogP contribution in [-0.2, 0) is 9.59 Å². The molecule has 1 rings (SSSR count). The Labute approximate surface area is 193 Å². The standard InChI is InChI=1S/C25H41N4O3/c1-4-5-6-7-8-9-13-16-23(30)29-22(24(31)26-18-17-20(2)3)19-27-25(32)28-21-14-11-10-12-15-21/h10-12,14-15,18,20,22H,4-9,13,16-17,19H2,1-3H3,(H,26,31)(H,29,30)(H2,27,28,32)/t22-/m0/s1. The number of hydrogen-bond acceptors (Lipinski definition) is 3. The molecule has 179 valence electrons. The predicted octanol–water partition coefficient (Wildman–Crippen LogP) is 4.76. The zero-order chi connectivity index (χ0) is 23.6. The summed E-state index contributed by atoms with van der Waals surface area (Å²) in [6.45, 7) is 8.01. The Bertz CT molecular complexity index is 664. The average Bonchev–Trinajstić information content (AvgIpc) is 2.76. The van der Waals surface area contributed by atoms with Crippen LogP contribution in [0.3, 0.4) is 0 Å². The third-order valence-electron chi connectivity index (χ3n) is 4.99. The summed E-state index contributed by atoms with van der Waals surface area (Å²) in [4.78, 5) is 37.1. The average molecular weight is 446 g/mol. The Kier molecular flexibility index (Phi) is 14.6. The van der Waals surface area contributed by atoms with Gasteiger partial charge in [-0.1, -0.05) is 77.5 Å². The first kappa shape index (κ1) is 27.5. The summed E-state index contributed by atoms with van der Waals surface area (Å²) in [6.07, 6.45) is 8.97. The van der Waals surface area contributed by atoms with Crippen LogP contribution in [0.2, 0.25) is 0 Å². The second-order valence-corrected chi connectivity index (χ2v) is 8.53. The van der Waals surface area contributed by atoms with Gasteiger partial charge in [0.25, 0.3) is 0 Å². The highest BCUT2D eigenvalue weighted by Gasteiger charge is 2.21. The molecular formula is C25H41N4O3. The van der Waals surface area contributed by atoms with Gasteiger partial charge in [0.05, 0.1) is 0 Å². The van der Waals surface area contributed by atoms with E-state index < -0.39 is 12.1 Å². The number of benzene rings is 1. The summed E-state index contributed by atoms with van der Waals surface area (Å²) in [5.41, 5.74) is 0.652. The number of unbranched alkanes of at least 4 members (excludes halogenated alkanes) is 6. The number of nitrogens with one attached hydrogen (secondary N) is 4. The maximum absolute atomic E-state index is 12.6. The topological polar surface area (TPSA) is 99.3 Å². The molecule has 4 N–H and O–H groups in total. The summed E-state index contributed by atoms with van der Waals surface area (Å²) in [5.74, 6) is -0.0955. The molecule has 0 aliphatic heterocycles. The largest absolute Gasteiger partial charge is 0.349 e. The maximum Gasteiger partial charge on any atom is 0.319 e. The van der Waals surface area contributed by atoms with Crippen LogP contribution in [0.25, 0.3) is 0 Å². The number of hydrogen-bond donors (Lipinski definition) is 4. The number of para-hydroxylation sites is 1. The van der Waals surface area contributed by atoms with Crippen LogP contribution >= 0.6 is 0 Å². The van der Waals surface area contributed by atoms with Gasteiger partial charge < -0.3 is 21.3 Å². The van der Waals surface area contributed by atoms with Gasteiger partial charge in [0.15, 0.2) is 0 Å². The van der Waals surface area contributed by atoms with Crippen molar-refractivity contribution in [2.24, 2.45) is 5.92 Å². The molecule has 0 spiro atoms. The van der Waals surface area contributed by atoms with Crippen molar-refractivity contribution in [3.63, 3.8) is 0 Å². The van der Waals surface area contributed by atoms with Crippen molar-refractivity contribution in [2.75, 3.05) is 11.9 Å². The summed E-state index contributed by atoms with van der Waals surface area (Å²) < 4.78 is 0. The number of rotatable bonds is 16. The van der Waals surface area contributed by atoms with Gasteiger partial charge in [-0.05, 0) is 30.9 Å². The van der Waals surface area contributed by atoms with E-state index in [1.54, 1.807) is 18.7 Å². The van der Waals surface area contributed by atoms with Gasteiger partial charge in [-0.15, -0.1) is 0 Å². The fourth-order valence-corrected chi connectivity index (χ4v) is 3.11. The van der Waals surface area contributed by atoms with Crippen LogP contribution in [0.15, 0.2) is 30.3 Å². The van der Waals surface area contributed by atoms with Gasteiger partial charge in [0.1, 0.15) is 6.04 Å². The lowest BCUT2D eigenvalue weighted by Crippen LogP contribution is -2.52. The third kappa shape index (κ3) is 13.7. The van der Waals surface area contributed by atoms with E-state index in [9.17, 15) is 14.4 Å². The fourth-order valence-electron chi connectivity index (χ4n) is 3.11. The molecule has 0 bridgehead atoms. The van der Waals surface area contributed by atoms with E-state index in [1.807, 2.05) is 18.2 Å². The van der Waals surface area contributed by atoms with Gasteiger partial charge in [-0.3, -0.25) is 9.59 Å². The van der Waals surface area contributed by atoms with Crippen LogP contribution in [-0.4, -0.2) is 30.4 Å². The molecule has 7 heteroatoms. The first-order chi connectivity index (χ1) is 15.4. The monoisotopic (exact) mass is 445 g/mol. The molecule has 1 atom stereocenters. The molecule has 0 fully saturated rings. The molecule has 0 saturated heterocycles. The van der Waals surface area contributed by atoms with E-state index in [4.69, 9.17) is 0 Å². The third-order valence-corrected chi connectivity index (χ3v) is 4.99. The first-order valence-electron chi connectivity index (χ1n) is 11.9. The minimum absolute atomic E-state index is 0.00275. The molecule has 0 aromatic heterocycles. The van der Waals surface area contributed by atoms with Crippen LogP contribution in [0.1, 0.15) is 78.6 Å². The Morgan fingerprint density at radius 3 is 2.25 bits per heavy atom. The van der Waals surface area contributed by atoms with E-state index in [-0.39, 0.29) is 18.4 Å². The van der Waals surface area contributed by atoms with E-state index in [2.05, 4.69) is 42.0 Å². The van der Waals surface area contributed by atoms with E-state index in [0.717, 1.165) is 25.7 Å². The molecule has 32 heavy (non-hydrogen) atoms.